The summed E-state index contributed by atoms with van der Waals surface area (Å²) in [4.78, 5) is 35.5. The highest BCUT2D eigenvalue weighted by Gasteiger charge is 2.13. The number of carbonyl (C=O) groups excluding carboxylic acids is 3. The van der Waals surface area contributed by atoms with Crippen molar-refractivity contribution in [3.8, 4) is 0 Å². The normalized spacial score (nSPS) is 10.3. The number of fused-ring (bicyclic) bond motifs is 1. The Labute approximate surface area is 150 Å². The summed E-state index contributed by atoms with van der Waals surface area (Å²) in [7, 11) is 0. The lowest BCUT2D eigenvalue weighted by atomic mass is 10.1. The van der Waals surface area contributed by atoms with Crippen LogP contribution in [0, 0.1) is 0 Å². The molecule has 0 saturated carbocycles. The van der Waals surface area contributed by atoms with Gasteiger partial charge in [0.25, 0.3) is 11.8 Å². The third kappa shape index (κ3) is 4.54. The average Bonchev–Trinajstić information content (AvgIpc) is 2.67. The first-order valence-electron chi connectivity index (χ1n) is 8.14. The molecule has 0 spiro atoms. The molecule has 3 aromatic rings. The number of amides is 2. The number of imide groups is 1. The Kier molecular flexibility index (Phi) is 5.39. The van der Waals surface area contributed by atoms with Gasteiger partial charge in [0, 0.05) is 5.56 Å². The molecule has 130 valence electrons. The minimum Gasteiger partial charge on any atom is -0.455 e. The second kappa shape index (κ2) is 8.07. The van der Waals surface area contributed by atoms with Gasteiger partial charge in [-0.05, 0) is 28.5 Å². The van der Waals surface area contributed by atoms with Gasteiger partial charge in [-0.1, -0.05) is 60.7 Å². The molecule has 0 radical (unpaired) electrons. The van der Waals surface area contributed by atoms with Crippen molar-refractivity contribution in [2.45, 2.75) is 6.42 Å². The van der Waals surface area contributed by atoms with Crippen LogP contribution < -0.4 is 5.32 Å². The predicted octanol–water partition coefficient (Wildman–Crippen LogP) is 2.88. The predicted molar refractivity (Wildman–Crippen MR) is 97.5 cm³/mol. The molecular formula is C21H17NO4. The Morgan fingerprint density at radius 3 is 2.27 bits per heavy atom. The van der Waals surface area contributed by atoms with Gasteiger partial charge in [0.05, 0.1) is 6.42 Å². The van der Waals surface area contributed by atoms with Gasteiger partial charge in [-0.15, -0.1) is 0 Å². The fraction of sp³-hybridized carbons (Fsp3) is 0.0952. The maximum absolute atomic E-state index is 11.9. The zero-order valence-electron chi connectivity index (χ0n) is 14.0. The van der Waals surface area contributed by atoms with Gasteiger partial charge >= 0.3 is 5.97 Å². The van der Waals surface area contributed by atoms with Gasteiger partial charge in [-0.2, -0.15) is 0 Å². The molecule has 1 N–H and O–H groups in total. The second-order valence-corrected chi connectivity index (χ2v) is 5.76. The monoisotopic (exact) mass is 347 g/mol. The largest absolute Gasteiger partial charge is 0.455 e. The van der Waals surface area contributed by atoms with Crippen LogP contribution in [0.15, 0.2) is 72.8 Å². The van der Waals surface area contributed by atoms with E-state index in [1.165, 1.54) is 0 Å². The van der Waals surface area contributed by atoms with Crippen LogP contribution in [0.3, 0.4) is 0 Å². The molecule has 5 heteroatoms. The van der Waals surface area contributed by atoms with Gasteiger partial charge in [-0.3, -0.25) is 19.7 Å². The number of carbonyl (C=O) groups is 3. The summed E-state index contributed by atoms with van der Waals surface area (Å²) >= 11 is 0. The van der Waals surface area contributed by atoms with Crippen molar-refractivity contribution in [2.75, 3.05) is 6.61 Å². The number of rotatable bonds is 5. The number of benzene rings is 3. The molecule has 0 bridgehead atoms. The van der Waals surface area contributed by atoms with E-state index in [1.54, 1.807) is 30.3 Å². The van der Waals surface area contributed by atoms with Crippen molar-refractivity contribution >= 4 is 28.6 Å². The molecule has 0 saturated heterocycles. The summed E-state index contributed by atoms with van der Waals surface area (Å²) in [5, 5.41) is 4.30. The summed E-state index contributed by atoms with van der Waals surface area (Å²) < 4.78 is 4.95. The molecule has 0 aliphatic carbocycles. The lowest BCUT2D eigenvalue weighted by Crippen LogP contribution is -2.34. The Hall–Kier alpha value is -3.47. The number of esters is 1. The van der Waals surface area contributed by atoms with Crippen LogP contribution in [0.5, 0.6) is 0 Å². The van der Waals surface area contributed by atoms with Gasteiger partial charge in [0.1, 0.15) is 0 Å². The molecule has 0 aliphatic heterocycles. The van der Waals surface area contributed by atoms with Crippen LogP contribution in [0.4, 0.5) is 0 Å². The zero-order valence-corrected chi connectivity index (χ0v) is 14.0. The molecule has 2 amide bonds. The molecule has 26 heavy (non-hydrogen) atoms. The smallest absolute Gasteiger partial charge is 0.310 e. The summed E-state index contributed by atoms with van der Waals surface area (Å²) in [6, 6.07) is 21.9. The first-order valence-corrected chi connectivity index (χ1v) is 8.14. The first kappa shape index (κ1) is 17.4. The van der Waals surface area contributed by atoms with Crippen molar-refractivity contribution < 1.29 is 19.1 Å². The number of nitrogens with one attached hydrogen (secondary N) is 1. The van der Waals surface area contributed by atoms with E-state index in [-0.39, 0.29) is 6.42 Å². The van der Waals surface area contributed by atoms with E-state index >= 15 is 0 Å². The van der Waals surface area contributed by atoms with E-state index in [0.717, 1.165) is 16.3 Å². The zero-order chi connectivity index (χ0) is 18.4. The summed E-state index contributed by atoms with van der Waals surface area (Å²) in [6.45, 7) is -0.495. The van der Waals surface area contributed by atoms with Crippen molar-refractivity contribution in [2.24, 2.45) is 0 Å². The molecule has 0 aromatic heterocycles. The number of hydrogen-bond donors (Lipinski definition) is 1. The van der Waals surface area contributed by atoms with Crippen molar-refractivity contribution in [1.29, 1.82) is 0 Å². The highest BCUT2D eigenvalue weighted by molar-refractivity contribution is 6.05. The molecule has 3 aromatic carbocycles. The van der Waals surface area contributed by atoms with Crippen LogP contribution in [0.1, 0.15) is 15.9 Å². The standard InChI is InChI=1S/C21H17NO4/c23-19(22-21(25)17-7-2-1-3-8-17)14-26-20(24)13-15-10-11-16-6-4-5-9-18(16)12-15/h1-12H,13-14H2,(H,22,23,25). The minimum absolute atomic E-state index is 0.0603. The van der Waals surface area contributed by atoms with Crippen LogP contribution in [0.2, 0.25) is 0 Å². The Morgan fingerprint density at radius 1 is 0.808 bits per heavy atom. The van der Waals surface area contributed by atoms with E-state index < -0.39 is 24.4 Å². The van der Waals surface area contributed by atoms with Gasteiger partial charge < -0.3 is 4.74 Å². The Balaban J connectivity index is 1.50. The SMILES string of the molecule is O=C(COC(=O)Cc1ccc2ccccc2c1)NC(=O)c1ccccc1. The van der Waals surface area contributed by atoms with E-state index in [9.17, 15) is 14.4 Å². The van der Waals surface area contributed by atoms with Crippen molar-refractivity contribution in [1.82, 2.24) is 5.32 Å². The van der Waals surface area contributed by atoms with Gasteiger partial charge in [0.2, 0.25) is 0 Å². The molecule has 0 heterocycles. The summed E-state index contributed by atoms with van der Waals surface area (Å²) in [5.74, 6) is -1.71. The quantitative estimate of drug-likeness (QED) is 0.721. The number of ether oxygens (including phenoxy) is 1. The van der Waals surface area contributed by atoms with Crippen LogP contribution in [-0.4, -0.2) is 24.4 Å². The van der Waals surface area contributed by atoms with Crippen LogP contribution in [0.25, 0.3) is 10.8 Å². The maximum atomic E-state index is 11.9. The lowest BCUT2D eigenvalue weighted by Gasteiger charge is -2.07. The average molecular weight is 347 g/mol. The van der Waals surface area contributed by atoms with E-state index in [4.69, 9.17) is 4.74 Å². The molecular weight excluding hydrogens is 330 g/mol. The molecule has 3 rings (SSSR count). The van der Waals surface area contributed by atoms with E-state index in [1.807, 2.05) is 42.5 Å². The Bertz CT molecular complexity index is 950. The molecule has 5 nitrogen and oxygen atoms in total. The molecule has 0 fully saturated rings. The van der Waals surface area contributed by atoms with Crippen molar-refractivity contribution in [3.63, 3.8) is 0 Å². The fourth-order valence-electron chi connectivity index (χ4n) is 2.54. The third-order valence-corrected chi connectivity index (χ3v) is 3.82. The van der Waals surface area contributed by atoms with Crippen LogP contribution >= 0.6 is 0 Å². The highest BCUT2D eigenvalue weighted by Crippen LogP contribution is 2.16. The van der Waals surface area contributed by atoms with Crippen molar-refractivity contribution in [3.05, 3.63) is 83.9 Å². The second-order valence-electron chi connectivity index (χ2n) is 5.76. The first-order chi connectivity index (χ1) is 12.6. The van der Waals surface area contributed by atoms with Gasteiger partial charge in [0.15, 0.2) is 6.61 Å². The summed E-state index contributed by atoms with van der Waals surface area (Å²) in [5.41, 5.74) is 1.16. The molecule has 0 aliphatic rings. The minimum atomic E-state index is -0.661. The van der Waals surface area contributed by atoms with Crippen LogP contribution in [-0.2, 0) is 20.7 Å². The van der Waals surface area contributed by atoms with E-state index in [0.29, 0.717) is 5.56 Å². The molecule has 0 unspecified atom stereocenters. The van der Waals surface area contributed by atoms with Gasteiger partial charge in [-0.25, -0.2) is 0 Å². The Morgan fingerprint density at radius 2 is 1.50 bits per heavy atom. The fourth-order valence-corrected chi connectivity index (χ4v) is 2.54. The highest BCUT2D eigenvalue weighted by atomic mass is 16.5. The maximum Gasteiger partial charge on any atom is 0.310 e. The molecule has 0 atom stereocenters. The van der Waals surface area contributed by atoms with E-state index in [2.05, 4.69) is 5.32 Å². The summed E-state index contributed by atoms with van der Waals surface area (Å²) in [6.07, 6.45) is 0.0603. The topological polar surface area (TPSA) is 72.5 Å². The lowest BCUT2D eigenvalue weighted by molar-refractivity contribution is -0.147. The third-order valence-electron chi connectivity index (χ3n) is 3.82. The number of hydrogen-bond acceptors (Lipinski definition) is 4.